The van der Waals surface area contributed by atoms with Gasteiger partial charge in [0.1, 0.15) is 5.75 Å². The van der Waals surface area contributed by atoms with Crippen molar-refractivity contribution in [3.05, 3.63) is 24.5 Å². The molecule has 0 saturated heterocycles. The summed E-state index contributed by atoms with van der Waals surface area (Å²) in [5.74, 6) is 0.308. The number of carbonyl (C=O) groups is 1. The molecule has 2 heterocycles. The first kappa shape index (κ1) is 14.5. The number of hydrogen-bond acceptors (Lipinski definition) is 7. The van der Waals surface area contributed by atoms with Crippen LogP contribution in [0, 0.1) is 0 Å². The standard InChI is InChI=1S/C13H15N3O3S/c1-2-3-8-18-11(17)9-20-13-16-15-12(19-13)10-4-6-14-7-5-10/h4-7H,2-3,8-9H2,1H3. The molecule has 0 bridgehead atoms. The van der Waals surface area contributed by atoms with Gasteiger partial charge in [-0.1, -0.05) is 25.1 Å². The van der Waals surface area contributed by atoms with Crippen LogP contribution < -0.4 is 0 Å². The van der Waals surface area contributed by atoms with Gasteiger partial charge in [-0.15, -0.1) is 10.2 Å². The van der Waals surface area contributed by atoms with Crippen LogP contribution in [0.2, 0.25) is 0 Å². The fourth-order valence-corrected chi connectivity index (χ4v) is 1.93. The van der Waals surface area contributed by atoms with Crippen molar-refractivity contribution in [3.63, 3.8) is 0 Å². The Kier molecular flexibility index (Phi) is 5.55. The lowest BCUT2D eigenvalue weighted by Crippen LogP contribution is -2.08. The van der Waals surface area contributed by atoms with Crippen molar-refractivity contribution in [2.75, 3.05) is 12.4 Å². The fourth-order valence-electron chi connectivity index (χ4n) is 1.37. The first-order valence-electron chi connectivity index (χ1n) is 6.32. The molecule has 0 unspecified atom stereocenters. The third kappa shape index (κ3) is 4.34. The van der Waals surface area contributed by atoms with E-state index in [1.807, 2.05) is 6.92 Å². The van der Waals surface area contributed by atoms with Gasteiger partial charge in [0.2, 0.25) is 5.89 Å². The summed E-state index contributed by atoms with van der Waals surface area (Å²) >= 11 is 1.17. The number of pyridine rings is 1. The summed E-state index contributed by atoms with van der Waals surface area (Å²) in [6.07, 6.45) is 5.18. The minimum absolute atomic E-state index is 0.168. The monoisotopic (exact) mass is 293 g/mol. The molecule has 0 aliphatic heterocycles. The van der Waals surface area contributed by atoms with Gasteiger partial charge in [0.15, 0.2) is 0 Å². The van der Waals surface area contributed by atoms with Crippen molar-refractivity contribution in [2.24, 2.45) is 0 Å². The molecule has 0 saturated carbocycles. The number of unbranched alkanes of at least 4 members (excludes halogenated alkanes) is 1. The Morgan fingerprint density at radius 1 is 1.35 bits per heavy atom. The van der Waals surface area contributed by atoms with Gasteiger partial charge < -0.3 is 9.15 Å². The highest BCUT2D eigenvalue weighted by Crippen LogP contribution is 2.22. The smallest absolute Gasteiger partial charge is 0.316 e. The predicted molar refractivity (Wildman–Crippen MR) is 74.1 cm³/mol. The Balaban J connectivity index is 1.83. The SMILES string of the molecule is CCCCOC(=O)CSc1nnc(-c2ccncc2)o1. The number of esters is 1. The van der Waals surface area contributed by atoms with Gasteiger partial charge in [0, 0.05) is 18.0 Å². The zero-order valence-corrected chi connectivity index (χ0v) is 11.9. The summed E-state index contributed by atoms with van der Waals surface area (Å²) in [4.78, 5) is 15.3. The quantitative estimate of drug-likeness (QED) is 0.441. The molecule has 0 amide bonds. The topological polar surface area (TPSA) is 78.1 Å². The maximum Gasteiger partial charge on any atom is 0.316 e. The van der Waals surface area contributed by atoms with Crippen LogP contribution in [0.5, 0.6) is 0 Å². The first-order valence-corrected chi connectivity index (χ1v) is 7.30. The number of ether oxygens (including phenoxy) is 1. The number of thioether (sulfide) groups is 1. The molecule has 0 atom stereocenters. The van der Waals surface area contributed by atoms with Gasteiger partial charge >= 0.3 is 5.97 Å². The van der Waals surface area contributed by atoms with Crippen LogP contribution in [0.1, 0.15) is 19.8 Å². The molecule has 0 aliphatic carbocycles. The highest BCUT2D eigenvalue weighted by Gasteiger charge is 2.11. The van der Waals surface area contributed by atoms with Crippen LogP contribution in [0.3, 0.4) is 0 Å². The van der Waals surface area contributed by atoms with Crippen molar-refractivity contribution in [1.82, 2.24) is 15.2 Å². The van der Waals surface area contributed by atoms with Crippen LogP contribution in [0.15, 0.2) is 34.2 Å². The molecule has 0 radical (unpaired) electrons. The van der Waals surface area contributed by atoms with Crippen LogP contribution in [-0.4, -0.2) is 33.5 Å². The second kappa shape index (κ2) is 7.64. The molecule has 7 heteroatoms. The molecular formula is C13H15N3O3S. The largest absolute Gasteiger partial charge is 0.465 e. The molecule has 2 aromatic rings. The summed E-state index contributed by atoms with van der Waals surface area (Å²) in [6.45, 7) is 2.50. The van der Waals surface area contributed by atoms with E-state index in [2.05, 4.69) is 15.2 Å². The van der Waals surface area contributed by atoms with Crippen molar-refractivity contribution < 1.29 is 13.9 Å². The summed E-state index contributed by atoms with van der Waals surface area (Å²) in [7, 11) is 0. The Labute approximate surface area is 120 Å². The Morgan fingerprint density at radius 2 is 2.15 bits per heavy atom. The second-order valence-corrected chi connectivity index (χ2v) is 4.90. The zero-order chi connectivity index (χ0) is 14.2. The maximum atomic E-state index is 11.4. The number of nitrogens with zero attached hydrogens (tertiary/aromatic N) is 3. The van der Waals surface area contributed by atoms with Crippen LogP contribution in [0.25, 0.3) is 11.5 Å². The highest BCUT2D eigenvalue weighted by molar-refractivity contribution is 7.99. The number of hydrogen-bond donors (Lipinski definition) is 0. The maximum absolute atomic E-state index is 11.4. The second-order valence-electron chi connectivity index (χ2n) is 3.97. The lowest BCUT2D eigenvalue weighted by atomic mass is 10.3. The summed E-state index contributed by atoms with van der Waals surface area (Å²) in [6, 6.07) is 3.56. The predicted octanol–water partition coefficient (Wildman–Crippen LogP) is 2.57. The fraction of sp³-hybridized carbons (Fsp3) is 0.385. The van der Waals surface area contributed by atoms with Crippen LogP contribution in [-0.2, 0) is 9.53 Å². The molecule has 0 aromatic carbocycles. The number of aromatic nitrogens is 3. The molecule has 106 valence electrons. The number of rotatable bonds is 7. The van der Waals surface area contributed by atoms with Crippen LogP contribution in [0.4, 0.5) is 0 Å². The minimum Gasteiger partial charge on any atom is -0.465 e. The lowest BCUT2D eigenvalue weighted by Gasteiger charge is -2.01. The molecule has 0 N–H and O–H groups in total. The van der Waals surface area contributed by atoms with E-state index in [4.69, 9.17) is 9.15 Å². The Hall–Kier alpha value is -1.89. The molecule has 2 rings (SSSR count). The van der Waals surface area contributed by atoms with Gasteiger partial charge in [0.25, 0.3) is 5.22 Å². The van der Waals surface area contributed by atoms with Gasteiger partial charge in [0.05, 0.1) is 6.61 Å². The van der Waals surface area contributed by atoms with Crippen molar-refractivity contribution >= 4 is 17.7 Å². The first-order chi connectivity index (χ1) is 9.79. The molecule has 0 spiro atoms. The third-order valence-electron chi connectivity index (χ3n) is 2.41. The third-order valence-corrected chi connectivity index (χ3v) is 3.20. The van der Waals surface area contributed by atoms with Gasteiger partial charge in [-0.05, 0) is 18.6 Å². The van der Waals surface area contributed by atoms with E-state index in [0.29, 0.717) is 17.7 Å². The van der Waals surface area contributed by atoms with Gasteiger partial charge in [-0.2, -0.15) is 0 Å². The average molecular weight is 293 g/mol. The highest BCUT2D eigenvalue weighted by atomic mass is 32.2. The van der Waals surface area contributed by atoms with Crippen molar-refractivity contribution in [3.8, 4) is 11.5 Å². The van der Waals surface area contributed by atoms with Crippen molar-refractivity contribution in [1.29, 1.82) is 0 Å². The molecular weight excluding hydrogens is 278 g/mol. The van der Waals surface area contributed by atoms with Crippen molar-refractivity contribution in [2.45, 2.75) is 25.0 Å². The van der Waals surface area contributed by atoms with Gasteiger partial charge in [-0.25, -0.2) is 0 Å². The summed E-state index contributed by atoms with van der Waals surface area (Å²) < 4.78 is 10.5. The van der Waals surface area contributed by atoms with E-state index in [-0.39, 0.29) is 11.7 Å². The average Bonchev–Trinajstić information content (AvgIpc) is 2.95. The zero-order valence-electron chi connectivity index (χ0n) is 11.1. The van der Waals surface area contributed by atoms with E-state index in [0.717, 1.165) is 18.4 Å². The minimum atomic E-state index is -0.271. The van der Waals surface area contributed by atoms with E-state index in [9.17, 15) is 4.79 Å². The molecule has 0 fully saturated rings. The molecule has 20 heavy (non-hydrogen) atoms. The normalized spacial score (nSPS) is 10.4. The van der Waals surface area contributed by atoms with E-state index >= 15 is 0 Å². The molecule has 2 aromatic heterocycles. The van der Waals surface area contributed by atoms with Gasteiger partial charge in [-0.3, -0.25) is 9.78 Å². The van der Waals surface area contributed by atoms with E-state index < -0.39 is 0 Å². The molecule has 0 aliphatic rings. The van der Waals surface area contributed by atoms with E-state index in [1.54, 1.807) is 24.5 Å². The Morgan fingerprint density at radius 3 is 2.90 bits per heavy atom. The number of carbonyl (C=O) groups excluding carboxylic acids is 1. The summed E-state index contributed by atoms with van der Waals surface area (Å²) in [5, 5.41) is 8.15. The van der Waals surface area contributed by atoms with Crippen LogP contribution >= 0.6 is 11.8 Å². The molecule has 6 nitrogen and oxygen atoms in total. The Bertz CT molecular complexity index is 545. The lowest BCUT2D eigenvalue weighted by molar-refractivity contribution is -0.140. The summed E-state index contributed by atoms with van der Waals surface area (Å²) in [5.41, 5.74) is 0.796. The van der Waals surface area contributed by atoms with E-state index in [1.165, 1.54) is 11.8 Å².